The van der Waals surface area contributed by atoms with Crippen molar-refractivity contribution in [2.45, 2.75) is 6.92 Å². The van der Waals surface area contributed by atoms with Crippen molar-refractivity contribution in [3.8, 4) is 17.0 Å². The van der Waals surface area contributed by atoms with Crippen LogP contribution in [-0.4, -0.2) is 16.5 Å². The van der Waals surface area contributed by atoms with E-state index in [1.807, 2.05) is 84.3 Å². The minimum absolute atomic E-state index is 0.703. The topological polar surface area (TPSA) is 51.2 Å². The number of hydrogen-bond donors (Lipinski definition) is 0. The molecule has 0 aliphatic rings. The minimum Gasteiger partial charge on any atom is -0.497 e. The van der Waals surface area contributed by atoms with Gasteiger partial charge >= 0.3 is 0 Å². The first kappa shape index (κ1) is 16.0. The third kappa shape index (κ3) is 2.95. The van der Waals surface area contributed by atoms with Crippen molar-refractivity contribution in [3.63, 3.8) is 0 Å². The summed E-state index contributed by atoms with van der Waals surface area (Å²) in [6.07, 6.45) is 1.95. The van der Waals surface area contributed by atoms with E-state index < -0.39 is 0 Å². The van der Waals surface area contributed by atoms with Crippen molar-refractivity contribution in [2.24, 2.45) is 10.2 Å². The van der Waals surface area contributed by atoms with Gasteiger partial charge in [0.25, 0.3) is 0 Å². The van der Waals surface area contributed by atoms with Gasteiger partial charge in [-0.1, -0.05) is 24.3 Å². The highest BCUT2D eigenvalue weighted by Gasteiger charge is 2.14. The maximum absolute atomic E-state index is 5.25. The van der Waals surface area contributed by atoms with E-state index in [1.54, 1.807) is 7.11 Å². The van der Waals surface area contributed by atoms with Gasteiger partial charge in [0.15, 0.2) is 5.82 Å². The number of aryl methyl sites for hydroxylation is 1. The molecule has 26 heavy (non-hydrogen) atoms. The molecule has 128 valence electrons. The van der Waals surface area contributed by atoms with E-state index in [1.165, 1.54) is 0 Å². The number of benzene rings is 2. The van der Waals surface area contributed by atoms with Crippen LogP contribution in [0.25, 0.3) is 16.9 Å². The number of fused-ring (bicyclic) bond motifs is 1. The van der Waals surface area contributed by atoms with Crippen molar-refractivity contribution >= 4 is 17.2 Å². The Labute approximate surface area is 151 Å². The van der Waals surface area contributed by atoms with Crippen molar-refractivity contribution in [2.75, 3.05) is 7.11 Å². The molecule has 0 N–H and O–H groups in total. The summed E-state index contributed by atoms with van der Waals surface area (Å²) in [4.78, 5) is 4.74. The van der Waals surface area contributed by atoms with Crippen LogP contribution in [0.1, 0.15) is 5.56 Å². The van der Waals surface area contributed by atoms with Crippen molar-refractivity contribution in [1.29, 1.82) is 0 Å². The Bertz CT molecular complexity index is 1080. The Morgan fingerprint density at radius 1 is 0.885 bits per heavy atom. The molecule has 0 bridgehead atoms. The summed E-state index contributed by atoms with van der Waals surface area (Å²) < 4.78 is 7.19. The standard InChI is InChI=1S/C21H18N4O/c1-15-7-3-4-8-18(15)23-24-21-20(16-10-12-17(26-2)13-11-16)22-19-9-5-6-14-25(19)21/h3-14H,1-2H3. The third-order valence-electron chi connectivity index (χ3n) is 4.24. The Balaban J connectivity index is 1.85. The Kier molecular flexibility index (Phi) is 4.19. The highest BCUT2D eigenvalue weighted by molar-refractivity contribution is 5.74. The molecule has 0 unspecified atom stereocenters. The Hall–Kier alpha value is -3.47. The lowest BCUT2D eigenvalue weighted by Crippen LogP contribution is -1.84. The fourth-order valence-electron chi connectivity index (χ4n) is 2.80. The second-order valence-electron chi connectivity index (χ2n) is 5.93. The number of hydrogen-bond acceptors (Lipinski definition) is 4. The highest BCUT2D eigenvalue weighted by atomic mass is 16.5. The number of aromatic nitrogens is 2. The number of ether oxygens (including phenoxy) is 1. The van der Waals surface area contributed by atoms with Gasteiger partial charge in [0.05, 0.1) is 12.8 Å². The molecule has 0 fully saturated rings. The number of imidazole rings is 1. The molecule has 2 aromatic carbocycles. The van der Waals surface area contributed by atoms with Crippen LogP contribution >= 0.6 is 0 Å². The van der Waals surface area contributed by atoms with Gasteiger partial charge in [0, 0.05) is 11.8 Å². The Morgan fingerprint density at radius 2 is 1.65 bits per heavy atom. The van der Waals surface area contributed by atoms with Crippen LogP contribution in [-0.2, 0) is 0 Å². The molecule has 0 aliphatic heterocycles. The zero-order valence-corrected chi connectivity index (χ0v) is 14.6. The van der Waals surface area contributed by atoms with E-state index in [4.69, 9.17) is 9.72 Å². The van der Waals surface area contributed by atoms with Crippen molar-refractivity contribution in [1.82, 2.24) is 9.38 Å². The molecular weight excluding hydrogens is 324 g/mol. The number of azo groups is 1. The third-order valence-corrected chi connectivity index (χ3v) is 4.24. The van der Waals surface area contributed by atoms with Crippen LogP contribution in [0.4, 0.5) is 11.5 Å². The summed E-state index contributed by atoms with van der Waals surface area (Å²) in [5, 5.41) is 9.00. The summed E-state index contributed by atoms with van der Waals surface area (Å²) >= 11 is 0. The zero-order valence-electron chi connectivity index (χ0n) is 14.6. The largest absolute Gasteiger partial charge is 0.497 e. The van der Waals surface area contributed by atoms with E-state index in [9.17, 15) is 0 Å². The van der Waals surface area contributed by atoms with E-state index in [0.717, 1.165) is 33.9 Å². The van der Waals surface area contributed by atoms with Crippen LogP contribution in [0.5, 0.6) is 5.75 Å². The molecule has 4 rings (SSSR count). The molecule has 0 spiro atoms. The molecule has 5 nitrogen and oxygen atoms in total. The second-order valence-corrected chi connectivity index (χ2v) is 5.93. The predicted molar refractivity (Wildman–Crippen MR) is 103 cm³/mol. The smallest absolute Gasteiger partial charge is 0.187 e. The molecule has 0 atom stereocenters. The van der Waals surface area contributed by atoms with Crippen LogP contribution in [0.15, 0.2) is 83.2 Å². The first-order chi connectivity index (χ1) is 12.8. The zero-order chi connectivity index (χ0) is 17.9. The molecule has 0 saturated carbocycles. The molecule has 0 aliphatic carbocycles. The summed E-state index contributed by atoms with van der Waals surface area (Å²) in [5.74, 6) is 1.51. The molecule has 5 heteroatoms. The lowest BCUT2D eigenvalue weighted by Gasteiger charge is -2.02. The summed E-state index contributed by atoms with van der Waals surface area (Å²) in [6, 6.07) is 21.6. The van der Waals surface area contributed by atoms with Gasteiger partial charge in [-0.25, -0.2) is 4.98 Å². The molecule has 0 saturated heterocycles. The van der Waals surface area contributed by atoms with Gasteiger partial charge in [0.1, 0.15) is 17.1 Å². The van der Waals surface area contributed by atoms with Gasteiger partial charge in [0.2, 0.25) is 0 Å². The lowest BCUT2D eigenvalue weighted by atomic mass is 10.1. The fraction of sp³-hybridized carbons (Fsp3) is 0.0952. The number of pyridine rings is 1. The molecule has 0 amide bonds. The quantitative estimate of drug-likeness (QED) is 0.444. The molecule has 2 aromatic heterocycles. The second kappa shape index (κ2) is 6.80. The maximum Gasteiger partial charge on any atom is 0.187 e. The molecular formula is C21H18N4O. The fourth-order valence-corrected chi connectivity index (χ4v) is 2.80. The summed E-state index contributed by atoms with van der Waals surface area (Å²) in [7, 11) is 1.65. The monoisotopic (exact) mass is 342 g/mol. The van der Waals surface area contributed by atoms with Gasteiger partial charge in [-0.3, -0.25) is 4.40 Å². The van der Waals surface area contributed by atoms with Gasteiger partial charge < -0.3 is 4.74 Å². The normalized spacial score (nSPS) is 11.3. The molecule has 2 heterocycles. The van der Waals surface area contributed by atoms with Gasteiger partial charge in [-0.15, -0.1) is 10.2 Å². The summed E-state index contributed by atoms with van der Waals surface area (Å²) in [5.41, 5.74) is 4.51. The van der Waals surface area contributed by atoms with E-state index >= 15 is 0 Å². The van der Waals surface area contributed by atoms with E-state index in [2.05, 4.69) is 10.2 Å². The van der Waals surface area contributed by atoms with E-state index in [0.29, 0.717) is 5.82 Å². The molecule has 0 radical (unpaired) electrons. The van der Waals surface area contributed by atoms with Crippen LogP contribution < -0.4 is 4.74 Å². The number of methoxy groups -OCH3 is 1. The number of rotatable bonds is 4. The SMILES string of the molecule is COc1ccc(-c2nc3ccccn3c2N=Nc2ccccc2C)cc1. The first-order valence-electron chi connectivity index (χ1n) is 8.35. The lowest BCUT2D eigenvalue weighted by molar-refractivity contribution is 0.415. The number of nitrogens with zero attached hydrogens (tertiary/aromatic N) is 4. The van der Waals surface area contributed by atoms with E-state index in [-0.39, 0.29) is 0 Å². The predicted octanol–water partition coefficient (Wildman–Crippen LogP) is 5.73. The van der Waals surface area contributed by atoms with Crippen molar-refractivity contribution in [3.05, 3.63) is 78.5 Å². The van der Waals surface area contributed by atoms with Crippen LogP contribution in [0.3, 0.4) is 0 Å². The van der Waals surface area contributed by atoms with Crippen LogP contribution in [0.2, 0.25) is 0 Å². The van der Waals surface area contributed by atoms with Crippen molar-refractivity contribution < 1.29 is 4.74 Å². The average molecular weight is 342 g/mol. The van der Waals surface area contributed by atoms with Crippen LogP contribution in [0, 0.1) is 6.92 Å². The minimum atomic E-state index is 0.703. The maximum atomic E-state index is 5.25. The molecule has 4 aromatic rings. The first-order valence-corrected chi connectivity index (χ1v) is 8.35. The Morgan fingerprint density at radius 3 is 2.42 bits per heavy atom. The van der Waals surface area contributed by atoms with Gasteiger partial charge in [-0.2, -0.15) is 0 Å². The summed E-state index contributed by atoms with van der Waals surface area (Å²) in [6.45, 7) is 2.02. The van der Waals surface area contributed by atoms with Gasteiger partial charge in [-0.05, 0) is 55.0 Å². The highest BCUT2D eigenvalue weighted by Crippen LogP contribution is 2.33. The average Bonchev–Trinajstić information content (AvgIpc) is 3.06.